The van der Waals surface area contributed by atoms with Crippen LogP contribution in [0, 0.1) is 22.0 Å². The summed E-state index contributed by atoms with van der Waals surface area (Å²) in [5.74, 6) is -4.16. The van der Waals surface area contributed by atoms with Gasteiger partial charge in [-0.15, -0.1) is 0 Å². The number of nitro groups is 1. The molecule has 2 fully saturated rings. The second-order valence-electron chi connectivity index (χ2n) is 12.2. The highest BCUT2D eigenvalue weighted by Gasteiger charge is 2.83. The molecule has 7 nitrogen and oxygen atoms in total. The molecule has 1 aliphatic heterocycles. The van der Waals surface area contributed by atoms with Crippen molar-refractivity contribution in [3.8, 4) is 0 Å². The van der Waals surface area contributed by atoms with E-state index in [1.165, 1.54) is 18.2 Å². The van der Waals surface area contributed by atoms with Gasteiger partial charge in [0.25, 0.3) is 5.69 Å². The maximum absolute atomic E-state index is 15.9. The summed E-state index contributed by atoms with van der Waals surface area (Å²) in [5, 5.41) is 13.1. The molecule has 5 aromatic rings. The number of rotatable bonds is 6. The number of carbonyl (C=O) groups is 3. The van der Waals surface area contributed by atoms with E-state index in [4.69, 9.17) is 23.2 Å². The van der Waals surface area contributed by atoms with Crippen molar-refractivity contribution in [3.63, 3.8) is 0 Å². The van der Waals surface area contributed by atoms with Crippen LogP contribution in [0.2, 0.25) is 10.0 Å². The summed E-state index contributed by atoms with van der Waals surface area (Å²) >= 11 is 12.8. The lowest BCUT2D eigenvalue weighted by atomic mass is 9.59. The van der Waals surface area contributed by atoms with Crippen molar-refractivity contribution < 1.29 is 19.3 Å². The molecular formula is C39H24Cl2N2O5. The molecule has 1 heterocycles. The van der Waals surface area contributed by atoms with Crippen LogP contribution in [0.15, 0.2) is 133 Å². The van der Waals surface area contributed by atoms with Gasteiger partial charge in [-0.05, 0) is 63.7 Å². The number of nitrogens with zero attached hydrogens (tertiary/aromatic N) is 2. The van der Waals surface area contributed by atoms with Gasteiger partial charge in [0.05, 0.1) is 27.6 Å². The zero-order chi connectivity index (χ0) is 33.4. The van der Waals surface area contributed by atoms with Gasteiger partial charge in [-0.3, -0.25) is 24.5 Å². The van der Waals surface area contributed by atoms with E-state index in [0.717, 1.165) is 4.90 Å². The zero-order valence-electron chi connectivity index (χ0n) is 25.0. The van der Waals surface area contributed by atoms with Gasteiger partial charge in [-0.25, -0.2) is 4.90 Å². The van der Waals surface area contributed by atoms with Crippen LogP contribution < -0.4 is 4.90 Å². The molecule has 9 heteroatoms. The Hall–Kier alpha value is -5.37. The molecule has 0 radical (unpaired) electrons. The highest BCUT2D eigenvalue weighted by atomic mass is 35.5. The van der Waals surface area contributed by atoms with Gasteiger partial charge in [-0.2, -0.15) is 0 Å². The van der Waals surface area contributed by atoms with Gasteiger partial charge in [0, 0.05) is 16.1 Å². The third-order valence-electron chi connectivity index (χ3n) is 10.0. The summed E-state index contributed by atoms with van der Waals surface area (Å²) in [6.45, 7) is 0. The average Bonchev–Trinajstić information content (AvgIpc) is 3.61. The van der Waals surface area contributed by atoms with Crippen molar-refractivity contribution >= 4 is 63.3 Å². The number of halogens is 2. The Morgan fingerprint density at radius 3 is 1.38 bits per heavy atom. The molecular weight excluding hydrogens is 647 g/mol. The van der Waals surface area contributed by atoms with E-state index >= 15 is 14.4 Å². The number of anilines is 1. The third kappa shape index (κ3) is 3.80. The van der Waals surface area contributed by atoms with Crippen molar-refractivity contribution in [2.24, 2.45) is 11.8 Å². The first kappa shape index (κ1) is 30.0. The van der Waals surface area contributed by atoms with E-state index in [-0.39, 0.29) is 11.5 Å². The summed E-state index contributed by atoms with van der Waals surface area (Å²) < 4.78 is 0. The Bertz CT molecular complexity index is 2080. The Morgan fingerprint density at radius 1 is 0.562 bits per heavy atom. The van der Waals surface area contributed by atoms with Crippen molar-refractivity contribution in [3.05, 3.63) is 176 Å². The van der Waals surface area contributed by atoms with E-state index in [1.807, 2.05) is 60.7 Å². The number of nitro benzene ring substituents is 1. The minimum Gasteiger partial charge on any atom is -0.297 e. The SMILES string of the molecule is O=C1[C@H]2[C@H](C(=O)N1c1ccccc1[N+](=O)[O-])[C@]1(c3ccc(Cl)cc3)C(=O)[C@]2(c2ccc(Cl)cc2)C(c2ccccc2)=C1c1ccccc1. The molecule has 0 N–H and O–H groups in total. The standard InChI is InChI=1S/C39H24Cl2N2O5/c40-27-19-15-25(16-20-27)38-31(23-9-3-1-4-10-23)32(24-11-5-2-6-12-24)39(37(38)46,26-17-21-28(41)22-18-26)34-33(38)35(44)42(36(34)45)29-13-7-8-14-30(29)43(47)48/h1-22,33-34H/t33-,34-,38-,39-/m1/s1. The summed E-state index contributed by atoms with van der Waals surface area (Å²) in [7, 11) is 0. The number of hydrogen-bond donors (Lipinski definition) is 0. The second-order valence-corrected chi connectivity index (χ2v) is 13.0. The lowest BCUT2D eigenvalue weighted by Gasteiger charge is -2.39. The molecule has 8 rings (SSSR count). The molecule has 4 atom stereocenters. The van der Waals surface area contributed by atoms with Crippen LogP contribution in [0.25, 0.3) is 11.1 Å². The highest BCUT2D eigenvalue weighted by molar-refractivity contribution is 6.39. The quantitative estimate of drug-likeness (QED) is 0.103. The van der Waals surface area contributed by atoms with Crippen molar-refractivity contribution in [2.45, 2.75) is 10.8 Å². The predicted molar refractivity (Wildman–Crippen MR) is 184 cm³/mol. The van der Waals surface area contributed by atoms with E-state index < -0.39 is 45.1 Å². The van der Waals surface area contributed by atoms with Gasteiger partial charge in [0.1, 0.15) is 5.69 Å². The summed E-state index contributed by atoms with van der Waals surface area (Å²) in [6.07, 6.45) is 0. The van der Waals surface area contributed by atoms with Crippen molar-refractivity contribution in [2.75, 3.05) is 4.90 Å². The fourth-order valence-electron chi connectivity index (χ4n) is 8.40. The van der Waals surface area contributed by atoms with Gasteiger partial charge in [-0.1, -0.05) is 120 Å². The van der Waals surface area contributed by atoms with E-state index in [9.17, 15) is 10.1 Å². The minimum absolute atomic E-state index is 0.140. The number of benzene rings is 5. The number of hydrogen-bond acceptors (Lipinski definition) is 5. The van der Waals surface area contributed by atoms with Crippen LogP contribution in [0.1, 0.15) is 22.3 Å². The van der Waals surface area contributed by atoms with Gasteiger partial charge < -0.3 is 0 Å². The number of Topliss-reactive ketones (excluding diaryl/α,β-unsaturated/α-hetero) is 1. The molecule has 0 unspecified atom stereocenters. The van der Waals surface area contributed by atoms with Crippen LogP contribution in [-0.4, -0.2) is 22.5 Å². The number of amides is 2. The fraction of sp³-hybridized carbons (Fsp3) is 0.103. The van der Waals surface area contributed by atoms with Crippen molar-refractivity contribution in [1.29, 1.82) is 0 Å². The van der Waals surface area contributed by atoms with Gasteiger partial charge in [0.2, 0.25) is 11.8 Å². The fourth-order valence-corrected chi connectivity index (χ4v) is 8.65. The smallest absolute Gasteiger partial charge is 0.293 e. The molecule has 0 spiro atoms. The lowest BCUT2D eigenvalue weighted by molar-refractivity contribution is -0.384. The molecule has 0 aromatic heterocycles. The summed E-state index contributed by atoms with van der Waals surface area (Å²) in [4.78, 5) is 58.6. The first-order chi connectivity index (χ1) is 23.2. The summed E-state index contributed by atoms with van der Waals surface area (Å²) in [5.41, 5.74) is -0.268. The zero-order valence-corrected chi connectivity index (χ0v) is 26.6. The number of allylic oxidation sites excluding steroid dienone is 2. The third-order valence-corrected chi connectivity index (χ3v) is 10.5. The number of imide groups is 1. The van der Waals surface area contributed by atoms with Crippen LogP contribution in [0.3, 0.4) is 0 Å². The van der Waals surface area contributed by atoms with E-state index in [2.05, 4.69) is 0 Å². The Balaban J connectivity index is 1.56. The normalized spacial score (nSPS) is 24.4. The van der Waals surface area contributed by atoms with Crippen LogP contribution in [-0.2, 0) is 25.2 Å². The molecule has 1 saturated heterocycles. The number of para-hydroxylation sites is 2. The van der Waals surface area contributed by atoms with Crippen LogP contribution >= 0.6 is 23.2 Å². The minimum atomic E-state index is -1.67. The first-order valence-corrected chi connectivity index (χ1v) is 16.0. The average molecular weight is 672 g/mol. The molecule has 2 bridgehead atoms. The molecule has 5 aromatic carbocycles. The highest BCUT2D eigenvalue weighted by Crippen LogP contribution is 2.74. The Morgan fingerprint density at radius 2 is 0.958 bits per heavy atom. The van der Waals surface area contributed by atoms with E-state index in [1.54, 1.807) is 54.6 Å². The number of ketones is 1. The molecule has 1 saturated carbocycles. The molecule has 48 heavy (non-hydrogen) atoms. The number of carbonyl (C=O) groups excluding carboxylic acids is 3. The monoisotopic (exact) mass is 670 g/mol. The molecule has 3 aliphatic rings. The maximum atomic E-state index is 15.9. The van der Waals surface area contributed by atoms with E-state index in [0.29, 0.717) is 43.4 Å². The maximum Gasteiger partial charge on any atom is 0.293 e. The van der Waals surface area contributed by atoms with Gasteiger partial charge in [0.15, 0.2) is 5.78 Å². The largest absolute Gasteiger partial charge is 0.297 e. The first-order valence-electron chi connectivity index (χ1n) is 15.3. The predicted octanol–water partition coefficient (Wildman–Crippen LogP) is 8.09. The second kappa shape index (κ2) is 10.8. The summed E-state index contributed by atoms with van der Waals surface area (Å²) in [6, 6.07) is 38.1. The molecule has 234 valence electrons. The Kier molecular flexibility index (Phi) is 6.77. The van der Waals surface area contributed by atoms with Crippen LogP contribution in [0.4, 0.5) is 11.4 Å². The van der Waals surface area contributed by atoms with Crippen LogP contribution in [0.5, 0.6) is 0 Å². The van der Waals surface area contributed by atoms with Crippen molar-refractivity contribution in [1.82, 2.24) is 0 Å². The Labute approximate surface area is 285 Å². The topological polar surface area (TPSA) is 97.6 Å². The number of fused-ring (bicyclic) bond motifs is 5. The van der Waals surface area contributed by atoms with Gasteiger partial charge >= 0.3 is 0 Å². The molecule has 2 aliphatic carbocycles. The lowest BCUT2D eigenvalue weighted by Crippen LogP contribution is -2.45. The molecule has 2 amide bonds.